The molecule has 0 saturated carbocycles. The highest BCUT2D eigenvalue weighted by Gasteiger charge is 2.35. The minimum atomic E-state index is -4.46. The van der Waals surface area contributed by atoms with Gasteiger partial charge in [-0.15, -0.1) is 0 Å². The number of hydrogen-bond acceptors (Lipinski definition) is 4. The Morgan fingerprint density at radius 1 is 1.14 bits per heavy atom. The van der Waals surface area contributed by atoms with E-state index < -0.39 is 11.7 Å². The zero-order chi connectivity index (χ0) is 25.0. The van der Waals surface area contributed by atoms with Gasteiger partial charge in [0.1, 0.15) is 0 Å². The Morgan fingerprint density at radius 2 is 1.94 bits per heavy atom. The minimum absolute atomic E-state index is 0.0504. The fraction of sp³-hybridized carbons (Fsp3) is 0.519. The number of carbonyl (C=O) groups is 1. The number of carbonyl (C=O) groups excluding carboxylic acids is 1. The fourth-order valence-corrected chi connectivity index (χ4v) is 5.28. The van der Waals surface area contributed by atoms with Gasteiger partial charge in [0.15, 0.2) is 0 Å². The summed E-state index contributed by atoms with van der Waals surface area (Å²) in [5, 5.41) is 3.32. The normalized spacial score (nSPS) is 19.3. The average molecular weight is 489 g/mol. The quantitative estimate of drug-likeness (QED) is 0.618. The predicted molar refractivity (Wildman–Crippen MR) is 132 cm³/mol. The van der Waals surface area contributed by atoms with Crippen molar-refractivity contribution in [1.29, 1.82) is 0 Å². The maximum Gasteiger partial charge on any atom is 0.416 e. The van der Waals surface area contributed by atoms with Gasteiger partial charge in [0.2, 0.25) is 5.91 Å². The molecule has 2 heterocycles. The Hall–Kier alpha value is -2.58. The predicted octanol–water partition coefficient (Wildman–Crippen LogP) is 4.62. The number of likely N-dealkylation sites (N-methyl/N-ethyl adjacent to an activating group) is 2. The molecule has 35 heavy (non-hydrogen) atoms. The number of piperidine rings is 1. The summed E-state index contributed by atoms with van der Waals surface area (Å²) >= 11 is 0. The standard InChI is InChI=1S/C27H35F3N4O/c1-3-33-15-13-20-9-6-12-25(23(20)19-33)31-16-26(35)34(22-10-7-14-32(2)18-22)17-21-8-4-5-11-24(21)27(28,29)30/h4-6,8-9,11-12,22,31H,3,7,10,13-19H2,1-2H3. The van der Waals surface area contributed by atoms with Crippen LogP contribution < -0.4 is 5.32 Å². The van der Waals surface area contributed by atoms with Crippen LogP contribution in [0.5, 0.6) is 0 Å². The van der Waals surface area contributed by atoms with Gasteiger partial charge in [-0.3, -0.25) is 9.69 Å². The molecule has 190 valence electrons. The van der Waals surface area contributed by atoms with Crippen molar-refractivity contribution in [2.45, 2.75) is 51.5 Å². The van der Waals surface area contributed by atoms with Gasteiger partial charge in [-0.1, -0.05) is 37.3 Å². The lowest BCUT2D eigenvalue weighted by Gasteiger charge is -2.38. The van der Waals surface area contributed by atoms with Crippen molar-refractivity contribution >= 4 is 11.6 Å². The van der Waals surface area contributed by atoms with Gasteiger partial charge in [0.05, 0.1) is 12.1 Å². The summed E-state index contributed by atoms with van der Waals surface area (Å²) in [4.78, 5) is 19.7. The van der Waals surface area contributed by atoms with E-state index in [4.69, 9.17) is 0 Å². The van der Waals surface area contributed by atoms with Crippen LogP contribution in [0.15, 0.2) is 42.5 Å². The number of anilines is 1. The molecule has 5 nitrogen and oxygen atoms in total. The van der Waals surface area contributed by atoms with E-state index in [9.17, 15) is 18.0 Å². The van der Waals surface area contributed by atoms with Gasteiger partial charge >= 0.3 is 6.18 Å². The minimum Gasteiger partial charge on any atom is -0.376 e. The molecular weight excluding hydrogens is 453 g/mol. The van der Waals surface area contributed by atoms with Crippen molar-refractivity contribution in [3.05, 3.63) is 64.7 Å². The number of amides is 1. The maximum atomic E-state index is 13.7. The Morgan fingerprint density at radius 3 is 2.69 bits per heavy atom. The number of rotatable bonds is 7. The first-order chi connectivity index (χ1) is 16.8. The molecule has 1 amide bonds. The topological polar surface area (TPSA) is 38.8 Å². The first-order valence-electron chi connectivity index (χ1n) is 12.5. The second kappa shape index (κ2) is 11.0. The molecule has 0 bridgehead atoms. The average Bonchev–Trinajstić information content (AvgIpc) is 2.85. The van der Waals surface area contributed by atoms with E-state index in [1.807, 2.05) is 19.2 Å². The number of likely N-dealkylation sites (tertiary alicyclic amines) is 1. The van der Waals surface area contributed by atoms with Gasteiger partial charge < -0.3 is 15.1 Å². The third kappa shape index (κ3) is 6.16. The summed E-state index contributed by atoms with van der Waals surface area (Å²) < 4.78 is 41.0. The number of hydrogen-bond donors (Lipinski definition) is 1. The molecule has 2 aromatic carbocycles. The van der Waals surface area contributed by atoms with Crippen LogP contribution >= 0.6 is 0 Å². The van der Waals surface area contributed by atoms with Crippen LogP contribution in [0.3, 0.4) is 0 Å². The molecule has 1 fully saturated rings. The van der Waals surface area contributed by atoms with E-state index in [-0.39, 0.29) is 30.6 Å². The molecule has 2 aliphatic heterocycles. The second-order valence-corrected chi connectivity index (χ2v) is 9.65. The third-order valence-electron chi connectivity index (χ3n) is 7.25. The van der Waals surface area contributed by atoms with Crippen LogP contribution in [0, 0.1) is 0 Å². The van der Waals surface area contributed by atoms with Crippen LogP contribution in [-0.2, 0) is 30.5 Å². The Kier molecular flexibility index (Phi) is 8.02. The second-order valence-electron chi connectivity index (χ2n) is 9.65. The Balaban J connectivity index is 1.55. The van der Waals surface area contributed by atoms with E-state index in [2.05, 4.69) is 28.1 Å². The van der Waals surface area contributed by atoms with Crippen molar-refractivity contribution in [2.24, 2.45) is 0 Å². The Labute approximate surface area is 205 Å². The molecular formula is C27H35F3N4O. The number of halogens is 3. The molecule has 1 atom stereocenters. The first kappa shape index (κ1) is 25.5. The van der Waals surface area contributed by atoms with E-state index in [1.165, 1.54) is 23.3 Å². The fourth-order valence-electron chi connectivity index (χ4n) is 5.28. The summed E-state index contributed by atoms with van der Waals surface area (Å²) in [5.74, 6) is -0.178. The smallest absolute Gasteiger partial charge is 0.376 e. The zero-order valence-electron chi connectivity index (χ0n) is 20.6. The molecule has 2 aliphatic rings. The molecule has 0 radical (unpaired) electrons. The lowest BCUT2D eigenvalue weighted by molar-refractivity contribution is -0.140. The van der Waals surface area contributed by atoms with Gasteiger partial charge in [0.25, 0.3) is 0 Å². The van der Waals surface area contributed by atoms with Crippen LogP contribution in [0.1, 0.15) is 42.0 Å². The summed E-state index contributed by atoms with van der Waals surface area (Å²) in [5.41, 5.74) is 2.89. The largest absolute Gasteiger partial charge is 0.416 e. The summed E-state index contributed by atoms with van der Waals surface area (Å²) in [6.07, 6.45) is -1.78. The molecule has 8 heteroatoms. The van der Waals surface area contributed by atoms with Crippen LogP contribution in [0.4, 0.5) is 18.9 Å². The molecule has 0 aliphatic carbocycles. The Bertz CT molecular complexity index is 1030. The highest BCUT2D eigenvalue weighted by molar-refractivity contribution is 5.81. The number of nitrogens with one attached hydrogen (secondary N) is 1. The monoisotopic (exact) mass is 488 g/mol. The molecule has 1 saturated heterocycles. The summed E-state index contributed by atoms with van der Waals surface area (Å²) in [6, 6.07) is 11.6. The van der Waals surface area contributed by atoms with Crippen LogP contribution in [-0.4, -0.2) is 66.4 Å². The molecule has 0 spiro atoms. The molecule has 1 N–H and O–H groups in total. The van der Waals surface area contributed by atoms with Crippen molar-refractivity contribution in [2.75, 3.05) is 45.1 Å². The van der Waals surface area contributed by atoms with Crippen LogP contribution in [0.2, 0.25) is 0 Å². The molecule has 4 rings (SSSR count). The first-order valence-corrected chi connectivity index (χ1v) is 12.5. The van der Waals surface area contributed by atoms with Gasteiger partial charge in [-0.05, 0) is 68.2 Å². The van der Waals surface area contributed by atoms with E-state index >= 15 is 0 Å². The molecule has 1 unspecified atom stereocenters. The number of benzene rings is 2. The maximum absolute atomic E-state index is 13.7. The highest BCUT2D eigenvalue weighted by Crippen LogP contribution is 2.33. The zero-order valence-corrected chi connectivity index (χ0v) is 20.6. The lowest BCUT2D eigenvalue weighted by atomic mass is 9.98. The van der Waals surface area contributed by atoms with E-state index in [1.54, 1.807) is 11.0 Å². The molecule has 2 aromatic rings. The molecule has 0 aromatic heterocycles. The lowest BCUT2D eigenvalue weighted by Crippen LogP contribution is -2.50. The van der Waals surface area contributed by atoms with Gasteiger partial charge in [0, 0.05) is 37.9 Å². The van der Waals surface area contributed by atoms with Gasteiger partial charge in [-0.2, -0.15) is 13.2 Å². The highest BCUT2D eigenvalue weighted by atomic mass is 19.4. The number of alkyl halides is 3. The van der Waals surface area contributed by atoms with Crippen LogP contribution in [0.25, 0.3) is 0 Å². The van der Waals surface area contributed by atoms with E-state index in [0.717, 1.165) is 57.2 Å². The van der Waals surface area contributed by atoms with Crippen molar-refractivity contribution in [3.8, 4) is 0 Å². The summed E-state index contributed by atoms with van der Waals surface area (Å²) in [7, 11) is 1.99. The third-order valence-corrected chi connectivity index (χ3v) is 7.25. The van der Waals surface area contributed by atoms with E-state index in [0.29, 0.717) is 6.54 Å². The van der Waals surface area contributed by atoms with Gasteiger partial charge in [-0.25, -0.2) is 0 Å². The summed E-state index contributed by atoms with van der Waals surface area (Å²) in [6.45, 7) is 6.55. The number of fused-ring (bicyclic) bond motifs is 1. The van der Waals surface area contributed by atoms with Crippen molar-refractivity contribution in [3.63, 3.8) is 0 Å². The number of nitrogens with zero attached hydrogens (tertiary/aromatic N) is 3. The SMILES string of the molecule is CCN1CCc2cccc(NCC(=O)N(Cc3ccccc3C(F)(F)F)C3CCCN(C)C3)c2C1. The van der Waals surface area contributed by atoms with Crippen molar-refractivity contribution in [1.82, 2.24) is 14.7 Å². The van der Waals surface area contributed by atoms with Crippen molar-refractivity contribution < 1.29 is 18.0 Å².